The number of hydrogen-bond donors (Lipinski definition) is 1. The molecule has 0 saturated carbocycles. The first-order valence-corrected chi connectivity index (χ1v) is 8.42. The maximum Gasteiger partial charge on any atom is 0.322 e. The average molecular weight is 354 g/mol. The van der Waals surface area contributed by atoms with Gasteiger partial charge in [0.05, 0.1) is 17.3 Å². The Labute approximate surface area is 151 Å². The summed E-state index contributed by atoms with van der Waals surface area (Å²) < 4.78 is 13.9. The van der Waals surface area contributed by atoms with Gasteiger partial charge < -0.3 is 15.1 Å². The van der Waals surface area contributed by atoms with Crippen molar-refractivity contribution in [3.05, 3.63) is 47.7 Å². The van der Waals surface area contributed by atoms with Crippen molar-refractivity contribution in [1.82, 2.24) is 14.9 Å². The summed E-state index contributed by atoms with van der Waals surface area (Å²) in [5, 5.41) is 11.3. The van der Waals surface area contributed by atoms with Crippen LogP contribution in [0.3, 0.4) is 0 Å². The number of halogens is 1. The normalized spacial score (nSPS) is 14.0. The number of nitrogens with one attached hydrogen (secondary N) is 1. The predicted molar refractivity (Wildman–Crippen MR) is 95.3 cm³/mol. The summed E-state index contributed by atoms with van der Waals surface area (Å²) in [5.74, 6) is 0.235. The lowest BCUT2D eigenvalue weighted by Crippen LogP contribution is -2.50. The van der Waals surface area contributed by atoms with E-state index in [1.807, 2.05) is 19.1 Å². The molecule has 1 aromatic heterocycles. The number of rotatable bonds is 3. The second-order valence-electron chi connectivity index (χ2n) is 5.93. The second kappa shape index (κ2) is 7.78. The number of piperazine rings is 1. The van der Waals surface area contributed by atoms with E-state index in [-0.39, 0.29) is 17.3 Å². The molecule has 7 nitrogen and oxygen atoms in total. The molecular weight excluding hydrogens is 335 g/mol. The van der Waals surface area contributed by atoms with Gasteiger partial charge in [-0.2, -0.15) is 5.26 Å². The van der Waals surface area contributed by atoms with E-state index >= 15 is 0 Å². The fourth-order valence-corrected chi connectivity index (χ4v) is 2.77. The van der Waals surface area contributed by atoms with E-state index in [4.69, 9.17) is 5.26 Å². The van der Waals surface area contributed by atoms with Crippen molar-refractivity contribution in [1.29, 1.82) is 5.26 Å². The number of carbonyl (C=O) groups is 1. The molecule has 0 unspecified atom stereocenters. The molecule has 1 aliphatic rings. The van der Waals surface area contributed by atoms with Gasteiger partial charge in [0.25, 0.3) is 0 Å². The largest absolute Gasteiger partial charge is 0.353 e. The quantitative estimate of drug-likeness (QED) is 0.915. The summed E-state index contributed by atoms with van der Waals surface area (Å²) in [6.45, 7) is 4.34. The number of aryl methyl sites for hydroxylation is 1. The molecule has 3 rings (SSSR count). The zero-order chi connectivity index (χ0) is 18.5. The third-order valence-corrected chi connectivity index (χ3v) is 4.30. The molecule has 1 N–H and O–H groups in total. The molecule has 2 heterocycles. The van der Waals surface area contributed by atoms with Crippen LogP contribution >= 0.6 is 0 Å². The summed E-state index contributed by atoms with van der Waals surface area (Å²) in [4.78, 5) is 24.6. The number of nitrogens with zero attached hydrogens (tertiary/aromatic N) is 5. The van der Waals surface area contributed by atoms with Gasteiger partial charge in [0.1, 0.15) is 18.0 Å². The van der Waals surface area contributed by atoms with Crippen LogP contribution in [0.15, 0.2) is 30.6 Å². The Balaban J connectivity index is 1.59. The van der Waals surface area contributed by atoms with E-state index in [1.54, 1.807) is 11.2 Å². The Hall–Kier alpha value is -3.21. The molecule has 2 aromatic rings. The summed E-state index contributed by atoms with van der Waals surface area (Å²) in [7, 11) is 0. The summed E-state index contributed by atoms with van der Waals surface area (Å²) in [6, 6.07) is 7.44. The highest BCUT2D eigenvalue weighted by molar-refractivity contribution is 5.89. The van der Waals surface area contributed by atoms with Crippen LogP contribution in [0.4, 0.5) is 20.7 Å². The molecule has 0 radical (unpaired) electrons. The maximum atomic E-state index is 13.9. The van der Waals surface area contributed by atoms with Gasteiger partial charge >= 0.3 is 6.03 Å². The van der Waals surface area contributed by atoms with Crippen LogP contribution in [0.1, 0.15) is 18.2 Å². The Morgan fingerprint density at radius 2 is 2.04 bits per heavy atom. The van der Waals surface area contributed by atoms with Crippen molar-refractivity contribution in [3.63, 3.8) is 0 Å². The molecule has 0 bridgehead atoms. The number of aromatic nitrogens is 2. The van der Waals surface area contributed by atoms with Crippen molar-refractivity contribution in [2.75, 3.05) is 36.4 Å². The highest BCUT2D eigenvalue weighted by atomic mass is 19.1. The summed E-state index contributed by atoms with van der Waals surface area (Å²) in [5.41, 5.74) is 1.26. The lowest BCUT2D eigenvalue weighted by atomic mass is 10.2. The number of anilines is 2. The van der Waals surface area contributed by atoms with Crippen LogP contribution in [0.2, 0.25) is 0 Å². The topological polar surface area (TPSA) is 85.1 Å². The molecule has 1 saturated heterocycles. The highest BCUT2D eigenvalue weighted by Gasteiger charge is 2.22. The third kappa shape index (κ3) is 3.88. The summed E-state index contributed by atoms with van der Waals surface area (Å²) >= 11 is 0. The van der Waals surface area contributed by atoms with E-state index in [1.165, 1.54) is 12.1 Å². The van der Waals surface area contributed by atoms with E-state index in [2.05, 4.69) is 20.2 Å². The molecule has 134 valence electrons. The minimum atomic E-state index is -0.621. The average Bonchev–Trinajstić information content (AvgIpc) is 2.69. The van der Waals surface area contributed by atoms with Gasteiger partial charge in [0.2, 0.25) is 0 Å². The first kappa shape index (κ1) is 17.6. The van der Waals surface area contributed by atoms with Crippen LogP contribution in [-0.2, 0) is 6.42 Å². The molecule has 1 aliphatic heterocycles. The SMILES string of the molecule is CCc1cc(N2CCN(C(=O)Nc3ccc(C#N)cc3F)CC2)ncn1. The van der Waals surface area contributed by atoms with E-state index in [0.29, 0.717) is 26.2 Å². The summed E-state index contributed by atoms with van der Waals surface area (Å²) in [6.07, 6.45) is 2.40. The molecule has 2 amide bonds. The fraction of sp³-hybridized carbons (Fsp3) is 0.333. The van der Waals surface area contributed by atoms with E-state index in [9.17, 15) is 9.18 Å². The van der Waals surface area contributed by atoms with Crippen molar-refractivity contribution in [2.24, 2.45) is 0 Å². The highest BCUT2D eigenvalue weighted by Crippen LogP contribution is 2.18. The minimum absolute atomic E-state index is 0.0693. The molecular formula is C18H19FN6O. The first-order chi connectivity index (χ1) is 12.6. The standard InChI is InChI=1S/C18H19FN6O/c1-2-14-10-17(22-12-21-14)24-5-7-25(8-6-24)18(26)23-16-4-3-13(11-20)9-15(16)19/h3-4,9-10,12H,2,5-8H2,1H3,(H,23,26). The monoisotopic (exact) mass is 354 g/mol. The van der Waals surface area contributed by atoms with Crippen molar-refractivity contribution >= 4 is 17.5 Å². The van der Waals surface area contributed by atoms with Crippen molar-refractivity contribution in [3.8, 4) is 6.07 Å². The zero-order valence-electron chi connectivity index (χ0n) is 14.4. The van der Waals surface area contributed by atoms with Crippen LogP contribution in [0, 0.1) is 17.1 Å². The van der Waals surface area contributed by atoms with E-state index < -0.39 is 5.82 Å². The molecule has 26 heavy (non-hydrogen) atoms. The van der Waals surface area contributed by atoms with Crippen molar-refractivity contribution in [2.45, 2.75) is 13.3 Å². The number of urea groups is 1. The Morgan fingerprint density at radius 1 is 1.27 bits per heavy atom. The number of hydrogen-bond acceptors (Lipinski definition) is 5. The van der Waals surface area contributed by atoms with Gasteiger partial charge in [-0.25, -0.2) is 19.2 Å². The maximum absolute atomic E-state index is 13.9. The lowest BCUT2D eigenvalue weighted by Gasteiger charge is -2.35. The molecule has 8 heteroatoms. The number of carbonyl (C=O) groups excluding carboxylic acids is 1. The molecule has 0 spiro atoms. The van der Waals surface area contributed by atoms with Crippen LogP contribution in [0.5, 0.6) is 0 Å². The van der Waals surface area contributed by atoms with Gasteiger partial charge in [-0.3, -0.25) is 0 Å². The zero-order valence-corrected chi connectivity index (χ0v) is 14.4. The van der Waals surface area contributed by atoms with E-state index in [0.717, 1.165) is 24.0 Å². The van der Waals surface area contributed by atoms with Crippen molar-refractivity contribution < 1.29 is 9.18 Å². The van der Waals surface area contributed by atoms with Gasteiger partial charge in [-0.15, -0.1) is 0 Å². The first-order valence-electron chi connectivity index (χ1n) is 8.42. The van der Waals surface area contributed by atoms with Crippen LogP contribution in [0.25, 0.3) is 0 Å². The van der Waals surface area contributed by atoms with Gasteiger partial charge in [-0.1, -0.05) is 6.92 Å². The Kier molecular flexibility index (Phi) is 5.27. The number of benzene rings is 1. The van der Waals surface area contributed by atoms with Crippen LogP contribution < -0.4 is 10.2 Å². The number of nitriles is 1. The Bertz CT molecular complexity index is 842. The van der Waals surface area contributed by atoms with Gasteiger partial charge in [0.15, 0.2) is 0 Å². The number of amides is 2. The fourth-order valence-electron chi connectivity index (χ4n) is 2.77. The van der Waals surface area contributed by atoms with Gasteiger partial charge in [-0.05, 0) is 24.6 Å². The molecule has 1 fully saturated rings. The smallest absolute Gasteiger partial charge is 0.322 e. The molecule has 1 aromatic carbocycles. The molecule has 0 aliphatic carbocycles. The minimum Gasteiger partial charge on any atom is -0.353 e. The van der Waals surface area contributed by atoms with Gasteiger partial charge in [0, 0.05) is 37.9 Å². The lowest BCUT2D eigenvalue weighted by molar-refractivity contribution is 0.208. The second-order valence-corrected chi connectivity index (χ2v) is 5.93. The van der Waals surface area contributed by atoms with Crippen LogP contribution in [-0.4, -0.2) is 47.1 Å². The predicted octanol–water partition coefficient (Wildman–Crippen LogP) is 2.40. The Morgan fingerprint density at radius 3 is 2.69 bits per heavy atom. The molecule has 0 atom stereocenters. The third-order valence-electron chi connectivity index (χ3n) is 4.30.